The summed E-state index contributed by atoms with van der Waals surface area (Å²) in [7, 11) is 1.88. The molecule has 2 atom stereocenters. The van der Waals surface area contributed by atoms with Gasteiger partial charge in [-0.15, -0.1) is 24.0 Å². The van der Waals surface area contributed by atoms with Gasteiger partial charge in [0.25, 0.3) is 0 Å². The summed E-state index contributed by atoms with van der Waals surface area (Å²) < 4.78 is 4.44. The van der Waals surface area contributed by atoms with Gasteiger partial charge < -0.3 is 19.4 Å². The molecule has 0 spiro atoms. The standard InChI is InChI=1S/C19H31N7.HI/c1-16-6-11-25(14-18(16)26-12-8-21-15-26)19(20-3)23-7-4-5-10-24-13-9-22-17(24)2;/h8-9,12-13,15-16,18H,4-7,10-11,14H2,1-3H3,(H,20,23);1H. The molecule has 3 heterocycles. The van der Waals surface area contributed by atoms with Crippen LogP contribution in [0.2, 0.25) is 0 Å². The molecule has 8 heteroatoms. The molecule has 3 rings (SSSR count). The highest BCUT2D eigenvalue weighted by molar-refractivity contribution is 14.0. The molecular formula is C19H32IN7. The molecule has 1 fully saturated rings. The molecule has 2 aromatic rings. The van der Waals surface area contributed by atoms with Crippen LogP contribution in [0, 0.1) is 12.8 Å². The van der Waals surface area contributed by atoms with Crippen molar-refractivity contribution in [3.05, 3.63) is 36.9 Å². The molecular weight excluding hydrogens is 453 g/mol. The van der Waals surface area contributed by atoms with Gasteiger partial charge in [-0.25, -0.2) is 9.97 Å². The van der Waals surface area contributed by atoms with Crippen LogP contribution in [0.4, 0.5) is 0 Å². The summed E-state index contributed by atoms with van der Waals surface area (Å²) in [6.07, 6.45) is 13.2. The maximum Gasteiger partial charge on any atom is 0.193 e. The predicted octanol–water partition coefficient (Wildman–Crippen LogP) is 2.94. The van der Waals surface area contributed by atoms with Gasteiger partial charge in [-0.2, -0.15) is 0 Å². The lowest BCUT2D eigenvalue weighted by molar-refractivity contribution is 0.189. The SMILES string of the molecule is CN=C(NCCCCn1ccnc1C)N1CCC(C)C(n2ccnc2)C1.I. The number of aryl methyl sites for hydroxylation is 2. The van der Waals surface area contributed by atoms with Crippen molar-refractivity contribution in [3.63, 3.8) is 0 Å². The van der Waals surface area contributed by atoms with E-state index < -0.39 is 0 Å². The minimum absolute atomic E-state index is 0. The maximum absolute atomic E-state index is 4.51. The number of aromatic nitrogens is 4. The van der Waals surface area contributed by atoms with Gasteiger partial charge >= 0.3 is 0 Å². The highest BCUT2D eigenvalue weighted by Crippen LogP contribution is 2.27. The highest BCUT2D eigenvalue weighted by atomic mass is 127. The fourth-order valence-electron chi connectivity index (χ4n) is 3.67. The summed E-state index contributed by atoms with van der Waals surface area (Å²) in [6.45, 7) is 8.38. The van der Waals surface area contributed by atoms with E-state index in [1.165, 1.54) is 6.42 Å². The Hall–Kier alpha value is -1.58. The van der Waals surface area contributed by atoms with E-state index in [-0.39, 0.29) is 24.0 Å². The van der Waals surface area contributed by atoms with E-state index in [1.807, 2.05) is 38.9 Å². The number of imidazole rings is 2. The average Bonchev–Trinajstić information content (AvgIpc) is 3.31. The lowest BCUT2D eigenvalue weighted by atomic mass is 9.93. The largest absolute Gasteiger partial charge is 0.356 e. The smallest absolute Gasteiger partial charge is 0.193 e. The topological polar surface area (TPSA) is 63.3 Å². The first-order valence-corrected chi connectivity index (χ1v) is 9.60. The molecule has 150 valence electrons. The van der Waals surface area contributed by atoms with Crippen LogP contribution < -0.4 is 5.32 Å². The zero-order valence-electron chi connectivity index (χ0n) is 16.6. The molecule has 0 radical (unpaired) electrons. The second-order valence-electron chi connectivity index (χ2n) is 7.14. The van der Waals surface area contributed by atoms with E-state index in [0.29, 0.717) is 12.0 Å². The summed E-state index contributed by atoms with van der Waals surface area (Å²) >= 11 is 0. The van der Waals surface area contributed by atoms with Gasteiger partial charge in [0, 0.05) is 58.0 Å². The maximum atomic E-state index is 4.51. The average molecular weight is 485 g/mol. The third kappa shape index (κ3) is 5.70. The summed E-state index contributed by atoms with van der Waals surface area (Å²) in [5, 5.41) is 3.54. The van der Waals surface area contributed by atoms with Gasteiger partial charge in [-0.05, 0) is 32.1 Å². The number of hydrogen-bond donors (Lipinski definition) is 1. The Morgan fingerprint density at radius 3 is 2.81 bits per heavy atom. The molecule has 2 unspecified atom stereocenters. The molecule has 0 saturated carbocycles. The van der Waals surface area contributed by atoms with E-state index in [1.54, 1.807) is 0 Å². The zero-order chi connectivity index (χ0) is 18.4. The van der Waals surface area contributed by atoms with Crippen LogP contribution in [0.3, 0.4) is 0 Å². The van der Waals surface area contributed by atoms with Crippen LogP contribution in [0.15, 0.2) is 36.1 Å². The molecule has 0 bridgehead atoms. The number of nitrogens with zero attached hydrogens (tertiary/aromatic N) is 6. The quantitative estimate of drug-likeness (QED) is 0.296. The number of hydrogen-bond acceptors (Lipinski definition) is 3. The first kappa shape index (κ1) is 21.7. The Bertz CT molecular complexity index is 695. The van der Waals surface area contributed by atoms with Crippen LogP contribution in [0.25, 0.3) is 0 Å². The highest BCUT2D eigenvalue weighted by Gasteiger charge is 2.28. The molecule has 0 amide bonds. The van der Waals surface area contributed by atoms with Crippen molar-refractivity contribution in [1.82, 2.24) is 29.3 Å². The molecule has 27 heavy (non-hydrogen) atoms. The first-order chi connectivity index (χ1) is 12.7. The number of piperidine rings is 1. The van der Waals surface area contributed by atoms with Crippen molar-refractivity contribution in [1.29, 1.82) is 0 Å². The zero-order valence-corrected chi connectivity index (χ0v) is 18.9. The molecule has 0 aliphatic carbocycles. The Kier molecular flexibility index (Phi) is 8.59. The van der Waals surface area contributed by atoms with Gasteiger partial charge in [0.2, 0.25) is 0 Å². The van der Waals surface area contributed by atoms with Gasteiger partial charge in [0.1, 0.15) is 5.82 Å². The van der Waals surface area contributed by atoms with Crippen molar-refractivity contribution in [2.45, 2.75) is 45.7 Å². The third-order valence-electron chi connectivity index (χ3n) is 5.37. The van der Waals surface area contributed by atoms with Crippen molar-refractivity contribution in [3.8, 4) is 0 Å². The summed E-state index contributed by atoms with van der Waals surface area (Å²) in [4.78, 5) is 15.4. The monoisotopic (exact) mass is 485 g/mol. The molecule has 2 aromatic heterocycles. The summed E-state index contributed by atoms with van der Waals surface area (Å²) in [5.41, 5.74) is 0. The summed E-state index contributed by atoms with van der Waals surface area (Å²) in [6, 6.07) is 0.453. The molecule has 0 aromatic carbocycles. The number of rotatable bonds is 6. The lowest BCUT2D eigenvalue weighted by Gasteiger charge is -2.39. The Morgan fingerprint density at radius 1 is 1.30 bits per heavy atom. The Labute approximate surface area is 179 Å². The molecule has 7 nitrogen and oxygen atoms in total. The van der Waals surface area contributed by atoms with Gasteiger partial charge in [-0.1, -0.05) is 6.92 Å². The molecule has 1 aliphatic rings. The van der Waals surface area contributed by atoms with Gasteiger partial charge in [0.05, 0.1) is 12.4 Å². The van der Waals surface area contributed by atoms with E-state index >= 15 is 0 Å². The minimum Gasteiger partial charge on any atom is -0.356 e. The minimum atomic E-state index is 0. The van der Waals surface area contributed by atoms with Crippen LogP contribution in [0.1, 0.15) is 38.1 Å². The normalized spacial score (nSPS) is 20.4. The number of likely N-dealkylation sites (tertiary alicyclic amines) is 1. The fraction of sp³-hybridized carbons (Fsp3) is 0.632. The van der Waals surface area contributed by atoms with Crippen molar-refractivity contribution in [2.75, 3.05) is 26.7 Å². The number of nitrogens with one attached hydrogen (secondary N) is 1. The fourth-order valence-corrected chi connectivity index (χ4v) is 3.67. The van der Waals surface area contributed by atoms with Crippen LogP contribution >= 0.6 is 24.0 Å². The van der Waals surface area contributed by atoms with E-state index in [9.17, 15) is 0 Å². The van der Waals surface area contributed by atoms with Crippen molar-refractivity contribution >= 4 is 29.9 Å². The molecule has 1 aliphatic heterocycles. The number of halogens is 1. The van der Waals surface area contributed by atoms with Gasteiger partial charge in [0.15, 0.2) is 5.96 Å². The van der Waals surface area contributed by atoms with Crippen molar-refractivity contribution < 1.29 is 0 Å². The number of guanidine groups is 1. The number of unbranched alkanes of at least 4 members (excludes halogenated alkanes) is 1. The van der Waals surface area contributed by atoms with E-state index in [2.05, 4.69) is 47.4 Å². The van der Waals surface area contributed by atoms with Crippen LogP contribution in [-0.2, 0) is 6.54 Å². The van der Waals surface area contributed by atoms with Gasteiger partial charge in [-0.3, -0.25) is 4.99 Å². The van der Waals surface area contributed by atoms with Crippen LogP contribution in [0.5, 0.6) is 0 Å². The first-order valence-electron chi connectivity index (χ1n) is 9.60. The second kappa shape index (κ2) is 10.7. The van der Waals surface area contributed by atoms with E-state index in [4.69, 9.17) is 0 Å². The Balaban J connectivity index is 0.00000261. The third-order valence-corrected chi connectivity index (χ3v) is 5.37. The summed E-state index contributed by atoms with van der Waals surface area (Å²) in [5.74, 6) is 2.75. The predicted molar refractivity (Wildman–Crippen MR) is 120 cm³/mol. The second-order valence-corrected chi connectivity index (χ2v) is 7.14. The molecule has 1 N–H and O–H groups in total. The number of aliphatic imine (C=N–C) groups is 1. The Morgan fingerprint density at radius 2 is 2.15 bits per heavy atom. The lowest BCUT2D eigenvalue weighted by Crippen LogP contribution is -2.49. The van der Waals surface area contributed by atoms with E-state index in [0.717, 1.165) is 50.8 Å². The van der Waals surface area contributed by atoms with Crippen LogP contribution in [-0.4, -0.2) is 56.6 Å². The molecule has 1 saturated heterocycles. The van der Waals surface area contributed by atoms with Crippen molar-refractivity contribution in [2.24, 2.45) is 10.9 Å².